The Labute approximate surface area is 204 Å². The number of alkyl halides is 3. The van der Waals surface area contributed by atoms with Gasteiger partial charge in [-0.1, -0.05) is 24.3 Å². The van der Waals surface area contributed by atoms with Crippen LogP contribution in [0.5, 0.6) is 0 Å². The SMILES string of the molecule is C=C(/C=C\C(C)=N/C)[C@H](CC(=O)NC[C@H](Cc1ccc2[nH]ncc2c1)N(C)C)C1(C(F)(F)F)CC1. The van der Waals surface area contributed by atoms with Crippen LogP contribution in [0.15, 0.2) is 53.7 Å². The molecule has 0 radical (unpaired) electrons. The topological polar surface area (TPSA) is 73.4 Å². The Morgan fingerprint density at radius 1 is 1.34 bits per heavy atom. The van der Waals surface area contributed by atoms with Crippen molar-refractivity contribution in [2.24, 2.45) is 16.3 Å². The number of carbonyl (C=O) groups is 1. The van der Waals surface area contributed by atoms with E-state index >= 15 is 0 Å². The summed E-state index contributed by atoms with van der Waals surface area (Å²) in [6.07, 6.45) is 1.01. The number of hydrogen-bond donors (Lipinski definition) is 2. The molecule has 2 atom stereocenters. The molecular weight excluding hydrogens is 455 g/mol. The van der Waals surface area contributed by atoms with Gasteiger partial charge in [-0.15, -0.1) is 0 Å². The number of amides is 1. The fraction of sp³-hybridized carbons (Fsp3) is 0.500. The first-order chi connectivity index (χ1) is 16.5. The minimum atomic E-state index is -4.39. The smallest absolute Gasteiger partial charge is 0.355 e. The lowest BCUT2D eigenvalue weighted by Crippen LogP contribution is -2.43. The van der Waals surface area contributed by atoms with Crippen molar-refractivity contribution >= 4 is 22.5 Å². The van der Waals surface area contributed by atoms with E-state index in [9.17, 15) is 18.0 Å². The van der Waals surface area contributed by atoms with Gasteiger partial charge in [-0.3, -0.25) is 14.9 Å². The summed E-state index contributed by atoms with van der Waals surface area (Å²) in [6.45, 7) is 5.98. The van der Waals surface area contributed by atoms with Crippen LogP contribution in [0.1, 0.15) is 31.7 Å². The molecule has 0 aliphatic heterocycles. The second kappa shape index (κ2) is 10.8. The summed E-state index contributed by atoms with van der Waals surface area (Å²) in [4.78, 5) is 18.9. The molecule has 1 fully saturated rings. The molecule has 1 amide bonds. The number of hydrogen-bond acceptors (Lipinski definition) is 4. The van der Waals surface area contributed by atoms with Crippen LogP contribution in [0.2, 0.25) is 0 Å². The van der Waals surface area contributed by atoms with Crippen LogP contribution in [-0.2, 0) is 11.2 Å². The average Bonchev–Trinajstić information content (AvgIpc) is 3.49. The average molecular weight is 490 g/mol. The Bertz CT molecular complexity index is 1110. The Morgan fingerprint density at radius 3 is 2.66 bits per heavy atom. The lowest BCUT2D eigenvalue weighted by atomic mass is 9.80. The van der Waals surface area contributed by atoms with E-state index in [1.807, 2.05) is 37.2 Å². The molecular formula is C26H34F3N5O. The van der Waals surface area contributed by atoms with Crippen molar-refractivity contribution in [3.05, 3.63) is 54.3 Å². The molecule has 6 nitrogen and oxygen atoms in total. The number of rotatable bonds is 11. The van der Waals surface area contributed by atoms with Crippen molar-refractivity contribution < 1.29 is 18.0 Å². The largest absolute Gasteiger partial charge is 0.395 e. The number of aromatic amines is 1. The zero-order valence-corrected chi connectivity index (χ0v) is 20.7. The Balaban J connectivity index is 1.68. The van der Waals surface area contributed by atoms with Gasteiger partial charge in [0, 0.05) is 43.1 Å². The van der Waals surface area contributed by atoms with Crippen LogP contribution in [0.3, 0.4) is 0 Å². The van der Waals surface area contributed by atoms with E-state index in [2.05, 4.69) is 27.1 Å². The molecule has 0 unspecified atom stereocenters. The van der Waals surface area contributed by atoms with Crippen molar-refractivity contribution in [2.45, 2.75) is 44.8 Å². The number of fused-ring (bicyclic) bond motifs is 1. The molecule has 35 heavy (non-hydrogen) atoms. The van der Waals surface area contributed by atoms with E-state index < -0.39 is 23.4 Å². The molecule has 1 heterocycles. The standard InChI is InChI=1S/C26H34F3N5O/c1-17(6-7-18(2)30-3)22(25(10-11-25)26(27,28)29)14-24(35)31-16-21(34(4)5)13-19-8-9-23-20(12-19)15-32-33-23/h6-9,12,15,21-22H,1,10-11,13-14,16H2,2-5H3,(H,31,35)(H,32,33)/b7-6-,30-18-/t21-,22-/m0/s1. The zero-order chi connectivity index (χ0) is 25.8. The van der Waals surface area contributed by atoms with Gasteiger partial charge >= 0.3 is 6.18 Å². The normalized spacial score (nSPS) is 17.7. The summed E-state index contributed by atoms with van der Waals surface area (Å²) in [5, 5.41) is 10.8. The van der Waals surface area contributed by atoms with Crippen LogP contribution in [0.25, 0.3) is 10.9 Å². The number of allylic oxidation sites excluding steroid dienone is 3. The van der Waals surface area contributed by atoms with Crippen molar-refractivity contribution in [1.82, 2.24) is 20.4 Å². The van der Waals surface area contributed by atoms with E-state index in [1.54, 1.807) is 32.3 Å². The number of halogens is 3. The maximum Gasteiger partial charge on any atom is 0.395 e. The fourth-order valence-corrected chi connectivity index (χ4v) is 4.38. The van der Waals surface area contributed by atoms with Gasteiger partial charge in [0.25, 0.3) is 0 Å². The number of carbonyl (C=O) groups excluding carboxylic acids is 1. The first-order valence-corrected chi connectivity index (χ1v) is 11.7. The lowest BCUT2D eigenvalue weighted by molar-refractivity contribution is -0.199. The molecule has 9 heteroatoms. The molecule has 2 aromatic rings. The first kappa shape index (κ1) is 26.7. The minimum Gasteiger partial charge on any atom is -0.355 e. The molecule has 1 aliphatic rings. The molecule has 190 valence electrons. The van der Waals surface area contributed by atoms with Crippen LogP contribution in [0, 0.1) is 11.3 Å². The van der Waals surface area contributed by atoms with Gasteiger partial charge in [-0.2, -0.15) is 18.3 Å². The van der Waals surface area contributed by atoms with E-state index in [0.717, 1.165) is 16.5 Å². The molecule has 1 aromatic carbocycles. The number of aromatic nitrogens is 2. The van der Waals surface area contributed by atoms with Crippen LogP contribution in [0.4, 0.5) is 13.2 Å². The molecule has 0 bridgehead atoms. The van der Waals surface area contributed by atoms with E-state index in [4.69, 9.17) is 0 Å². The molecule has 1 saturated carbocycles. The summed E-state index contributed by atoms with van der Waals surface area (Å²) in [5.41, 5.74) is 1.13. The molecule has 2 N–H and O–H groups in total. The highest BCUT2D eigenvalue weighted by Crippen LogP contribution is 2.64. The van der Waals surface area contributed by atoms with Gasteiger partial charge in [0.05, 0.1) is 17.1 Å². The quantitative estimate of drug-likeness (QED) is 0.355. The van der Waals surface area contributed by atoms with Gasteiger partial charge in [0.2, 0.25) is 5.91 Å². The highest BCUT2D eigenvalue weighted by atomic mass is 19.4. The number of benzene rings is 1. The summed E-state index contributed by atoms with van der Waals surface area (Å²) in [7, 11) is 5.45. The second-order valence-electron chi connectivity index (χ2n) is 9.60. The third-order valence-corrected chi connectivity index (χ3v) is 6.99. The predicted octanol–water partition coefficient (Wildman–Crippen LogP) is 4.70. The summed E-state index contributed by atoms with van der Waals surface area (Å²) in [6, 6.07) is 5.99. The minimum absolute atomic E-state index is 0.0129. The molecule has 0 saturated heterocycles. The molecule has 1 aliphatic carbocycles. The van der Waals surface area contributed by atoms with Crippen LogP contribution < -0.4 is 5.32 Å². The Kier molecular flexibility index (Phi) is 8.20. The Morgan fingerprint density at radius 2 is 2.06 bits per heavy atom. The van der Waals surface area contributed by atoms with Gasteiger partial charge in [0.1, 0.15) is 0 Å². The van der Waals surface area contributed by atoms with Gasteiger partial charge in [-0.25, -0.2) is 0 Å². The number of H-pyrrole nitrogens is 1. The van der Waals surface area contributed by atoms with E-state index in [0.29, 0.717) is 24.3 Å². The fourth-order valence-electron chi connectivity index (χ4n) is 4.38. The van der Waals surface area contributed by atoms with Crippen molar-refractivity contribution in [3.63, 3.8) is 0 Å². The summed E-state index contributed by atoms with van der Waals surface area (Å²) < 4.78 is 41.8. The van der Waals surface area contributed by atoms with E-state index in [-0.39, 0.29) is 25.3 Å². The van der Waals surface area contributed by atoms with Gasteiger partial charge < -0.3 is 10.2 Å². The van der Waals surface area contributed by atoms with Crippen LogP contribution >= 0.6 is 0 Å². The number of aliphatic imine (C=N–C) groups is 1. The lowest BCUT2D eigenvalue weighted by Gasteiger charge is -2.30. The molecule has 1 aromatic heterocycles. The highest BCUT2D eigenvalue weighted by molar-refractivity contribution is 5.93. The number of nitrogens with zero attached hydrogens (tertiary/aromatic N) is 3. The number of nitrogens with one attached hydrogen (secondary N) is 2. The van der Waals surface area contributed by atoms with Crippen molar-refractivity contribution in [1.29, 1.82) is 0 Å². The maximum atomic E-state index is 13.9. The number of likely N-dealkylation sites (N-methyl/N-ethyl adjacent to an activating group) is 1. The third kappa shape index (κ3) is 6.39. The van der Waals surface area contributed by atoms with E-state index in [1.165, 1.54) is 0 Å². The first-order valence-electron chi connectivity index (χ1n) is 11.7. The van der Waals surface area contributed by atoms with Crippen molar-refractivity contribution in [3.8, 4) is 0 Å². The van der Waals surface area contributed by atoms with Gasteiger partial charge in [-0.05, 0) is 64.1 Å². The second-order valence-corrected chi connectivity index (χ2v) is 9.60. The Hall–Kier alpha value is -2.94. The molecule has 0 spiro atoms. The van der Waals surface area contributed by atoms with Crippen LogP contribution in [-0.4, -0.2) is 66.6 Å². The van der Waals surface area contributed by atoms with Crippen molar-refractivity contribution in [2.75, 3.05) is 27.7 Å². The monoisotopic (exact) mass is 489 g/mol. The molecule has 3 rings (SSSR count). The third-order valence-electron chi connectivity index (χ3n) is 6.99. The zero-order valence-electron chi connectivity index (χ0n) is 20.7. The summed E-state index contributed by atoms with van der Waals surface area (Å²) in [5.74, 6) is -1.41. The highest BCUT2D eigenvalue weighted by Gasteiger charge is 2.67. The predicted molar refractivity (Wildman–Crippen MR) is 133 cm³/mol. The van der Waals surface area contributed by atoms with Gasteiger partial charge in [0.15, 0.2) is 0 Å². The summed E-state index contributed by atoms with van der Waals surface area (Å²) >= 11 is 0. The maximum absolute atomic E-state index is 13.9.